The number of anilines is 1. The van der Waals surface area contributed by atoms with Gasteiger partial charge < -0.3 is 19.5 Å². The number of likely N-dealkylation sites (N-methyl/N-ethyl adjacent to an activating group) is 1. The minimum atomic E-state index is -0.0718. The Morgan fingerprint density at radius 2 is 1.91 bits per heavy atom. The summed E-state index contributed by atoms with van der Waals surface area (Å²) in [6.07, 6.45) is 4.11. The maximum Gasteiger partial charge on any atom is 0.220 e. The second-order valence-electron chi connectivity index (χ2n) is 7.83. The highest BCUT2D eigenvalue weighted by molar-refractivity contribution is 6.36. The van der Waals surface area contributed by atoms with E-state index < -0.39 is 0 Å². The second-order valence-corrected chi connectivity index (χ2v) is 8.68. The molecule has 0 unspecified atom stereocenters. The fourth-order valence-corrected chi connectivity index (χ4v) is 3.99. The average molecular weight is 474 g/mol. The number of hydrogen-bond donors (Lipinski definition) is 1. The monoisotopic (exact) mass is 473 g/mol. The summed E-state index contributed by atoms with van der Waals surface area (Å²) in [7, 11) is 2.13. The molecule has 0 radical (unpaired) electrons. The van der Waals surface area contributed by atoms with Crippen molar-refractivity contribution in [2.24, 2.45) is 0 Å². The topological polar surface area (TPSA) is 74.5 Å². The fourth-order valence-electron chi connectivity index (χ4n) is 3.49. The van der Waals surface area contributed by atoms with E-state index in [0.29, 0.717) is 40.2 Å². The van der Waals surface area contributed by atoms with E-state index in [1.165, 1.54) is 0 Å². The van der Waals surface area contributed by atoms with Gasteiger partial charge in [-0.05, 0) is 36.9 Å². The van der Waals surface area contributed by atoms with Gasteiger partial charge in [0.1, 0.15) is 5.82 Å². The van der Waals surface area contributed by atoms with Crippen LogP contribution in [0.15, 0.2) is 47.1 Å². The van der Waals surface area contributed by atoms with Gasteiger partial charge in [0.15, 0.2) is 11.7 Å². The van der Waals surface area contributed by atoms with E-state index in [-0.39, 0.29) is 12.3 Å². The van der Waals surface area contributed by atoms with Crippen molar-refractivity contribution >= 4 is 34.9 Å². The molecule has 168 valence electrons. The van der Waals surface area contributed by atoms with Crippen LogP contribution in [0, 0.1) is 0 Å². The summed E-state index contributed by atoms with van der Waals surface area (Å²) in [5.74, 6) is 1.94. The first-order chi connectivity index (χ1) is 15.5. The lowest BCUT2D eigenvalue weighted by Gasteiger charge is -2.33. The van der Waals surface area contributed by atoms with Crippen LogP contribution in [-0.4, -0.2) is 54.0 Å². The van der Waals surface area contributed by atoms with Crippen LogP contribution in [0.5, 0.6) is 0 Å². The number of pyridine rings is 1. The number of nitrogens with zero attached hydrogens (tertiary/aromatic N) is 4. The van der Waals surface area contributed by atoms with Gasteiger partial charge in [-0.15, -0.1) is 0 Å². The van der Waals surface area contributed by atoms with Gasteiger partial charge in [-0.3, -0.25) is 4.79 Å². The predicted molar refractivity (Wildman–Crippen MR) is 126 cm³/mol. The van der Waals surface area contributed by atoms with Crippen molar-refractivity contribution in [2.75, 3.05) is 38.1 Å². The second kappa shape index (κ2) is 10.3. The molecule has 2 aromatic heterocycles. The Hall–Kier alpha value is -2.61. The highest BCUT2D eigenvalue weighted by Gasteiger charge is 2.15. The smallest absolute Gasteiger partial charge is 0.220 e. The lowest BCUT2D eigenvalue weighted by atomic mass is 10.2. The lowest BCUT2D eigenvalue weighted by Crippen LogP contribution is -2.44. The number of carbonyl (C=O) groups excluding carboxylic acids is 1. The van der Waals surface area contributed by atoms with Crippen molar-refractivity contribution in [1.82, 2.24) is 20.2 Å². The number of aryl methyl sites for hydroxylation is 1. The van der Waals surface area contributed by atoms with Gasteiger partial charge in [0.25, 0.3) is 0 Å². The first-order valence-corrected chi connectivity index (χ1v) is 11.3. The van der Waals surface area contributed by atoms with Crippen molar-refractivity contribution in [3.05, 3.63) is 64.2 Å². The van der Waals surface area contributed by atoms with Crippen molar-refractivity contribution in [3.63, 3.8) is 0 Å². The number of nitrogens with one attached hydrogen (secondary N) is 1. The number of piperazine rings is 1. The van der Waals surface area contributed by atoms with Crippen LogP contribution in [-0.2, 0) is 17.8 Å². The largest absolute Gasteiger partial charge is 0.441 e. The Kier molecular flexibility index (Phi) is 7.29. The Bertz CT molecular complexity index is 1060. The number of oxazole rings is 1. The molecule has 9 heteroatoms. The zero-order valence-electron chi connectivity index (χ0n) is 17.9. The summed E-state index contributed by atoms with van der Waals surface area (Å²) in [6.45, 7) is 4.47. The first kappa shape index (κ1) is 22.6. The molecule has 1 aromatic carbocycles. The van der Waals surface area contributed by atoms with Gasteiger partial charge >= 0.3 is 0 Å². The molecule has 1 aliphatic heterocycles. The predicted octanol–water partition coefficient (Wildman–Crippen LogP) is 4.04. The van der Waals surface area contributed by atoms with E-state index in [1.807, 2.05) is 18.3 Å². The molecular formula is C23H25Cl2N5O2. The molecule has 1 amide bonds. The molecule has 4 rings (SSSR count). The van der Waals surface area contributed by atoms with E-state index in [0.717, 1.165) is 37.6 Å². The number of hydrogen-bond acceptors (Lipinski definition) is 6. The molecule has 1 aliphatic rings. The highest BCUT2D eigenvalue weighted by atomic mass is 35.5. The maximum atomic E-state index is 12.3. The first-order valence-electron chi connectivity index (χ1n) is 10.5. The standard InChI is InChI=1S/C23H25Cl2N5O2/c1-29-8-10-30(11-9-29)21-5-2-16(13-26-21)14-27-22(31)6-7-23-28-15-20(32-23)18-4-3-17(24)12-19(18)25/h2-5,12-13,15H,6-11,14H2,1H3,(H,27,31). The van der Waals surface area contributed by atoms with Crippen LogP contribution in [0.2, 0.25) is 10.0 Å². The zero-order valence-corrected chi connectivity index (χ0v) is 19.4. The minimum Gasteiger partial charge on any atom is -0.441 e. The Balaban J connectivity index is 1.24. The van der Waals surface area contributed by atoms with E-state index >= 15 is 0 Å². The van der Waals surface area contributed by atoms with Crippen LogP contribution in [0.25, 0.3) is 11.3 Å². The number of benzene rings is 1. The highest BCUT2D eigenvalue weighted by Crippen LogP contribution is 2.30. The molecule has 7 nitrogen and oxygen atoms in total. The molecule has 0 spiro atoms. The molecule has 0 aliphatic carbocycles. The van der Waals surface area contributed by atoms with E-state index in [1.54, 1.807) is 24.4 Å². The molecule has 3 heterocycles. The molecule has 0 atom stereocenters. The van der Waals surface area contributed by atoms with Gasteiger partial charge in [-0.2, -0.15) is 0 Å². The van der Waals surface area contributed by atoms with Crippen molar-refractivity contribution in [1.29, 1.82) is 0 Å². The normalized spacial score (nSPS) is 14.5. The number of rotatable bonds is 7. The van der Waals surface area contributed by atoms with E-state index in [9.17, 15) is 4.79 Å². The third-order valence-corrected chi connectivity index (χ3v) is 5.99. The van der Waals surface area contributed by atoms with Crippen LogP contribution < -0.4 is 10.2 Å². The Morgan fingerprint density at radius 1 is 1.09 bits per heavy atom. The zero-order chi connectivity index (χ0) is 22.5. The van der Waals surface area contributed by atoms with Gasteiger partial charge in [-0.25, -0.2) is 9.97 Å². The Morgan fingerprint density at radius 3 is 2.62 bits per heavy atom. The van der Waals surface area contributed by atoms with Crippen LogP contribution in [0.3, 0.4) is 0 Å². The molecule has 0 saturated carbocycles. The molecule has 3 aromatic rings. The third-order valence-electron chi connectivity index (χ3n) is 5.44. The quantitative estimate of drug-likeness (QED) is 0.557. The SMILES string of the molecule is CN1CCN(c2ccc(CNC(=O)CCc3ncc(-c4ccc(Cl)cc4Cl)o3)cn2)CC1. The number of carbonyl (C=O) groups is 1. The fraction of sp³-hybridized carbons (Fsp3) is 0.348. The van der Waals surface area contributed by atoms with Crippen LogP contribution >= 0.6 is 23.2 Å². The van der Waals surface area contributed by atoms with Crippen LogP contribution in [0.1, 0.15) is 17.9 Å². The molecule has 1 fully saturated rings. The van der Waals surface area contributed by atoms with Gasteiger partial charge in [0, 0.05) is 62.3 Å². The van der Waals surface area contributed by atoms with Gasteiger partial charge in [-0.1, -0.05) is 29.3 Å². The van der Waals surface area contributed by atoms with Crippen molar-refractivity contribution in [3.8, 4) is 11.3 Å². The number of amides is 1. The molecule has 0 bridgehead atoms. The molecular weight excluding hydrogens is 449 g/mol. The molecule has 32 heavy (non-hydrogen) atoms. The average Bonchev–Trinajstić information content (AvgIpc) is 3.26. The maximum absolute atomic E-state index is 12.3. The number of aromatic nitrogens is 2. The van der Waals surface area contributed by atoms with E-state index in [4.69, 9.17) is 27.6 Å². The molecule has 1 N–H and O–H groups in total. The molecule has 1 saturated heterocycles. The lowest BCUT2D eigenvalue weighted by molar-refractivity contribution is -0.121. The summed E-state index contributed by atoms with van der Waals surface area (Å²) < 4.78 is 5.74. The summed E-state index contributed by atoms with van der Waals surface area (Å²) in [4.78, 5) is 25.7. The van der Waals surface area contributed by atoms with E-state index in [2.05, 4.69) is 32.1 Å². The van der Waals surface area contributed by atoms with Crippen molar-refractivity contribution in [2.45, 2.75) is 19.4 Å². The summed E-state index contributed by atoms with van der Waals surface area (Å²) in [6, 6.07) is 9.20. The third kappa shape index (κ3) is 5.79. The summed E-state index contributed by atoms with van der Waals surface area (Å²) in [5, 5.41) is 3.97. The number of halogens is 2. The van der Waals surface area contributed by atoms with Gasteiger partial charge in [0.05, 0.1) is 11.2 Å². The van der Waals surface area contributed by atoms with Gasteiger partial charge in [0.2, 0.25) is 5.91 Å². The Labute approximate surface area is 197 Å². The summed E-state index contributed by atoms with van der Waals surface area (Å²) >= 11 is 12.1. The van der Waals surface area contributed by atoms with Crippen molar-refractivity contribution < 1.29 is 9.21 Å². The minimum absolute atomic E-state index is 0.0718. The summed E-state index contributed by atoms with van der Waals surface area (Å²) in [5.41, 5.74) is 1.68. The van der Waals surface area contributed by atoms with Crippen LogP contribution in [0.4, 0.5) is 5.82 Å².